The molecule has 0 aromatic heterocycles. The van der Waals surface area contributed by atoms with Crippen LogP contribution >= 0.6 is 0 Å². The van der Waals surface area contributed by atoms with Crippen molar-refractivity contribution in [3.63, 3.8) is 0 Å². The van der Waals surface area contributed by atoms with Crippen LogP contribution in [0.3, 0.4) is 0 Å². The van der Waals surface area contributed by atoms with E-state index in [1.807, 2.05) is 26.0 Å². The molecule has 0 radical (unpaired) electrons. The lowest BCUT2D eigenvalue weighted by Crippen LogP contribution is -2.05. The largest absolute Gasteiger partial charge is 0.486 e. The molecule has 1 aromatic rings. The molecule has 82 valence electrons. The van der Waals surface area contributed by atoms with Crippen LogP contribution in [0.15, 0.2) is 30.4 Å². The molecule has 0 aliphatic carbocycles. The second-order valence-electron chi connectivity index (χ2n) is 3.36. The molecule has 0 bridgehead atoms. The summed E-state index contributed by atoms with van der Waals surface area (Å²) in [5.41, 5.74) is 6.41. The second kappa shape index (κ2) is 5.51. The molecule has 0 unspecified atom stereocenters. The van der Waals surface area contributed by atoms with Crippen molar-refractivity contribution in [2.45, 2.75) is 19.9 Å². The minimum atomic E-state index is -0.366. The number of benzene rings is 1. The smallest absolute Gasteiger partial charge is 0.165 e. The molecule has 0 heterocycles. The number of hydrogen-bond acceptors (Lipinski definition) is 2. The van der Waals surface area contributed by atoms with E-state index in [1.165, 1.54) is 6.07 Å². The maximum atomic E-state index is 13.4. The van der Waals surface area contributed by atoms with Gasteiger partial charge < -0.3 is 10.5 Å². The monoisotopic (exact) mass is 209 g/mol. The van der Waals surface area contributed by atoms with Gasteiger partial charge in [0, 0.05) is 6.04 Å². The Morgan fingerprint density at radius 1 is 1.53 bits per heavy atom. The summed E-state index contributed by atoms with van der Waals surface area (Å²) in [7, 11) is 0. The number of halogens is 1. The fraction of sp³-hybridized carbons (Fsp3) is 0.333. The lowest BCUT2D eigenvalue weighted by atomic mass is 10.1. The molecule has 3 heteroatoms. The van der Waals surface area contributed by atoms with Gasteiger partial charge in [0.15, 0.2) is 11.6 Å². The van der Waals surface area contributed by atoms with E-state index in [1.54, 1.807) is 12.1 Å². The summed E-state index contributed by atoms with van der Waals surface area (Å²) in [6.45, 7) is 4.08. The Kier molecular flexibility index (Phi) is 4.31. The molecular weight excluding hydrogens is 193 g/mol. The predicted octanol–water partition coefficient (Wildman–Crippen LogP) is 2.80. The fourth-order valence-corrected chi connectivity index (χ4v) is 1.15. The summed E-state index contributed by atoms with van der Waals surface area (Å²) in [4.78, 5) is 0. The summed E-state index contributed by atoms with van der Waals surface area (Å²) in [6.07, 6.45) is 3.67. The van der Waals surface area contributed by atoms with E-state index < -0.39 is 0 Å². The molecule has 0 saturated carbocycles. The molecule has 1 rings (SSSR count). The van der Waals surface area contributed by atoms with Crippen molar-refractivity contribution in [1.82, 2.24) is 0 Å². The average Bonchev–Trinajstić information content (AvgIpc) is 2.20. The van der Waals surface area contributed by atoms with Crippen LogP contribution < -0.4 is 10.5 Å². The zero-order valence-electron chi connectivity index (χ0n) is 9.03. The molecule has 0 spiro atoms. The van der Waals surface area contributed by atoms with Gasteiger partial charge in [-0.25, -0.2) is 4.39 Å². The average molecular weight is 209 g/mol. The van der Waals surface area contributed by atoms with Gasteiger partial charge in [0.1, 0.15) is 6.61 Å². The van der Waals surface area contributed by atoms with Gasteiger partial charge in [0.05, 0.1) is 0 Å². The van der Waals surface area contributed by atoms with Crippen molar-refractivity contribution < 1.29 is 9.13 Å². The number of nitrogens with two attached hydrogens (primary N) is 1. The minimum absolute atomic E-state index is 0.163. The quantitative estimate of drug-likeness (QED) is 0.774. The highest BCUT2D eigenvalue weighted by molar-refractivity contribution is 5.30. The lowest BCUT2D eigenvalue weighted by Gasteiger charge is -2.09. The Morgan fingerprint density at radius 3 is 2.80 bits per heavy atom. The molecule has 0 amide bonds. The van der Waals surface area contributed by atoms with Crippen LogP contribution in [0.5, 0.6) is 5.75 Å². The molecule has 2 N–H and O–H groups in total. The molecule has 15 heavy (non-hydrogen) atoms. The Hall–Kier alpha value is -1.35. The normalized spacial score (nSPS) is 13.1. The zero-order chi connectivity index (χ0) is 11.3. The van der Waals surface area contributed by atoms with Crippen LogP contribution in [0.1, 0.15) is 25.5 Å². The van der Waals surface area contributed by atoms with Gasteiger partial charge in [-0.2, -0.15) is 0 Å². The van der Waals surface area contributed by atoms with E-state index in [-0.39, 0.29) is 17.6 Å². The van der Waals surface area contributed by atoms with Crippen molar-refractivity contribution in [2.24, 2.45) is 5.73 Å². The third-order valence-corrected chi connectivity index (χ3v) is 2.05. The molecule has 1 aromatic carbocycles. The Labute approximate surface area is 89.6 Å². The van der Waals surface area contributed by atoms with Crippen molar-refractivity contribution in [3.05, 3.63) is 41.7 Å². The SMILES string of the molecule is C/C=C/COc1ccc([C@H](C)N)cc1F. The van der Waals surface area contributed by atoms with Crippen LogP contribution in [0.25, 0.3) is 0 Å². The number of rotatable bonds is 4. The van der Waals surface area contributed by atoms with E-state index in [0.29, 0.717) is 6.61 Å². The Morgan fingerprint density at radius 2 is 2.27 bits per heavy atom. The third-order valence-electron chi connectivity index (χ3n) is 2.05. The number of allylic oxidation sites excluding steroid dienone is 1. The van der Waals surface area contributed by atoms with Crippen LogP contribution in [0, 0.1) is 5.82 Å². The number of ether oxygens (including phenoxy) is 1. The summed E-state index contributed by atoms with van der Waals surface area (Å²) >= 11 is 0. The lowest BCUT2D eigenvalue weighted by molar-refractivity contribution is 0.341. The summed E-state index contributed by atoms with van der Waals surface area (Å²) in [5.74, 6) is -0.105. The van der Waals surface area contributed by atoms with Gasteiger partial charge >= 0.3 is 0 Å². The Bertz CT molecular complexity index is 347. The van der Waals surface area contributed by atoms with Gasteiger partial charge in [-0.15, -0.1) is 0 Å². The maximum Gasteiger partial charge on any atom is 0.165 e. The highest BCUT2D eigenvalue weighted by Gasteiger charge is 2.06. The summed E-state index contributed by atoms with van der Waals surface area (Å²) in [5, 5.41) is 0. The van der Waals surface area contributed by atoms with Gasteiger partial charge in [-0.3, -0.25) is 0 Å². The van der Waals surface area contributed by atoms with E-state index in [0.717, 1.165) is 5.56 Å². The first-order valence-corrected chi connectivity index (χ1v) is 4.94. The first-order chi connectivity index (χ1) is 7.15. The van der Waals surface area contributed by atoms with Crippen LogP contribution in [-0.4, -0.2) is 6.61 Å². The topological polar surface area (TPSA) is 35.2 Å². The van der Waals surface area contributed by atoms with Gasteiger partial charge in [-0.05, 0) is 31.5 Å². The van der Waals surface area contributed by atoms with Crippen molar-refractivity contribution in [2.75, 3.05) is 6.61 Å². The van der Waals surface area contributed by atoms with Crippen LogP contribution in [-0.2, 0) is 0 Å². The Balaban J connectivity index is 2.74. The van der Waals surface area contributed by atoms with Crippen molar-refractivity contribution in [1.29, 1.82) is 0 Å². The van der Waals surface area contributed by atoms with Crippen molar-refractivity contribution in [3.8, 4) is 5.75 Å². The highest BCUT2D eigenvalue weighted by atomic mass is 19.1. The highest BCUT2D eigenvalue weighted by Crippen LogP contribution is 2.20. The first kappa shape index (κ1) is 11.7. The molecule has 0 fully saturated rings. The van der Waals surface area contributed by atoms with E-state index >= 15 is 0 Å². The van der Waals surface area contributed by atoms with E-state index in [2.05, 4.69) is 0 Å². The summed E-state index contributed by atoms with van der Waals surface area (Å²) in [6, 6.07) is 4.63. The molecule has 1 atom stereocenters. The van der Waals surface area contributed by atoms with Crippen molar-refractivity contribution >= 4 is 0 Å². The van der Waals surface area contributed by atoms with Gasteiger partial charge in [-0.1, -0.05) is 18.2 Å². The number of hydrogen-bond donors (Lipinski definition) is 1. The summed E-state index contributed by atoms with van der Waals surface area (Å²) < 4.78 is 18.6. The standard InChI is InChI=1S/C12H16FNO/c1-3-4-7-15-12-6-5-10(9(2)14)8-11(12)13/h3-6,8-9H,7,14H2,1-2H3/b4-3+/t9-/m0/s1. The van der Waals surface area contributed by atoms with Crippen LogP contribution in [0.2, 0.25) is 0 Å². The molecule has 0 aliphatic heterocycles. The zero-order valence-corrected chi connectivity index (χ0v) is 9.03. The molecular formula is C12H16FNO. The maximum absolute atomic E-state index is 13.4. The molecule has 2 nitrogen and oxygen atoms in total. The molecule has 0 aliphatic rings. The molecule has 0 saturated heterocycles. The fourth-order valence-electron chi connectivity index (χ4n) is 1.15. The van der Waals surface area contributed by atoms with E-state index in [9.17, 15) is 4.39 Å². The first-order valence-electron chi connectivity index (χ1n) is 4.94. The van der Waals surface area contributed by atoms with E-state index in [4.69, 9.17) is 10.5 Å². The van der Waals surface area contributed by atoms with Gasteiger partial charge in [0.2, 0.25) is 0 Å². The van der Waals surface area contributed by atoms with Crippen LogP contribution in [0.4, 0.5) is 4.39 Å². The third kappa shape index (κ3) is 3.36. The predicted molar refractivity (Wildman–Crippen MR) is 59.3 cm³/mol. The minimum Gasteiger partial charge on any atom is -0.486 e. The van der Waals surface area contributed by atoms with Gasteiger partial charge in [0.25, 0.3) is 0 Å². The second-order valence-corrected chi connectivity index (χ2v) is 3.36.